The molecular formula is C18H14N2O. The van der Waals surface area contributed by atoms with Crippen molar-refractivity contribution in [3.8, 4) is 16.9 Å². The summed E-state index contributed by atoms with van der Waals surface area (Å²) < 4.78 is 26.3. The minimum absolute atomic E-state index is 0.275. The number of carbonyl (C=O) groups is 1. The second-order valence-electron chi connectivity index (χ2n) is 4.94. The van der Waals surface area contributed by atoms with E-state index in [0.29, 0.717) is 28.9 Å². The zero-order chi connectivity index (χ0) is 16.9. The number of hydrogen-bond acceptors (Lipinski definition) is 2. The van der Waals surface area contributed by atoms with Gasteiger partial charge in [0.1, 0.15) is 5.69 Å². The molecule has 0 saturated heterocycles. The van der Waals surface area contributed by atoms with Crippen LogP contribution in [-0.4, -0.2) is 16.1 Å². The summed E-state index contributed by atoms with van der Waals surface area (Å²) in [7, 11) is 0. The molecule has 0 bridgehead atoms. The molecule has 3 nitrogen and oxygen atoms in total. The largest absolute Gasteiger partial charge is 0.298 e. The van der Waals surface area contributed by atoms with Crippen molar-refractivity contribution in [2.75, 3.05) is 0 Å². The Morgan fingerprint density at radius 2 is 1.95 bits per heavy atom. The average molecular weight is 277 g/mol. The maximum Gasteiger partial charge on any atom is 0.154 e. The van der Waals surface area contributed by atoms with Crippen LogP contribution in [0.15, 0.2) is 54.6 Å². The fraction of sp³-hybridized carbons (Fsp3) is 0.111. The molecule has 0 aliphatic carbocycles. The number of nitrogens with zero attached hydrogens (tertiary/aromatic N) is 2. The molecule has 3 aromatic rings. The third-order valence-corrected chi connectivity index (χ3v) is 3.76. The van der Waals surface area contributed by atoms with Crippen molar-refractivity contribution < 1.29 is 8.91 Å². The SMILES string of the molecule is [2H]C([2H])C1([2H])c2ccccc2-n2nc(-c3ccccc3)c(C=O)c21. The smallest absolute Gasteiger partial charge is 0.154 e. The Labute approximate surface area is 127 Å². The van der Waals surface area contributed by atoms with Gasteiger partial charge in [0.25, 0.3) is 0 Å². The van der Waals surface area contributed by atoms with Gasteiger partial charge in [-0.15, -0.1) is 0 Å². The molecule has 2 heterocycles. The molecule has 0 fully saturated rings. The van der Waals surface area contributed by atoms with Crippen molar-refractivity contribution in [3.05, 3.63) is 71.4 Å². The molecule has 2 aromatic carbocycles. The molecule has 0 amide bonds. The lowest BCUT2D eigenvalue weighted by molar-refractivity contribution is 0.112. The van der Waals surface area contributed by atoms with Crippen molar-refractivity contribution in [1.82, 2.24) is 9.78 Å². The van der Waals surface area contributed by atoms with Crippen molar-refractivity contribution in [2.24, 2.45) is 0 Å². The first-order valence-corrected chi connectivity index (χ1v) is 6.67. The summed E-state index contributed by atoms with van der Waals surface area (Å²) >= 11 is 0. The summed E-state index contributed by atoms with van der Waals surface area (Å²) in [6, 6.07) is 16.4. The highest BCUT2D eigenvalue weighted by molar-refractivity contribution is 5.89. The molecular weight excluding hydrogens is 260 g/mol. The van der Waals surface area contributed by atoms with Crippen LogP contribution in [0, 0.1) is 0 Å². The van der Waals surface area contributed by atoms with Crippen molar-refractivity contribution >= 4 is 6.29 Å². The molecule has 3 heteroatoms. The summed E-state index contributed by atoms with van der Waals surface area (Å²) in [5, 5.41) is 4.55. The van der Waals surface area contributed by atoms with Crippen LogP contribution in [0.3, 0.4) is 0 Å². The highest BCUT2D eigenvalue weighted by Crippen LogP contribution is 2.41. The van der Waals surface area contributed by atoms with Crippen molar-refractivity contribution in [1.29, 1.82) is 0 Å². The van der Waals surface area contributed by atoms with E-state index in [2.05, 4.69) is 5.10 Å². The van der Waals surface area contributed by atoms with Gasteiger partial charge in [-0.1, -0.05) is 55.4 Å². The van der Waals surface area contributed by atoms with Gasteiger partial charge in [0.15, 0.2) is 6.29 Å². The van der Waals surface area contributed by atoms with Gasteiger partial charge < -0.3 is 0 Å². The molecule has 102 valence electrons. The van der Waals surface area contributed by atoms with Crippen LogP contribution in [0.1, 0.15) is 38.5 Å². The Kier molecular flexibility index (Phi) is 1.95. The van der Waals surface area contributed by atoms with Gasteiger partial charge >= 0.3 is 0 Å². The number of fused-ring (bicyclic) bond motifs is 3. The van der Waals surface area contributed by atoms with Crippen LogP contribution in [0.5, 0.6) is 0 Å². The molecule has 1 unspecified atom stereocenters. The van der Waals surface area contributed by atoms with E-state index in [4.69, 9.17) is 4.11 Å². The number of aromatic nitrogens is 2. The molecule has 1 aromatic heterocycles. The number of rotatable bonds is 2. The molecule has 0 radical (unpaired) electrons. The minimum Gasteiger partial charge on any atom is -0.298 e. The Morgan fingerprint density at radius 3 is 2.71 bits per heavy atom. The number of hydrogen-bond donors (Lipinski definition) is 0. The monoisotopic (exact) mass is 277 g/mol. The van der Waals surface area contributed by atoms with Gasteiger partial charge in [-0.05, 0) is 11.6 Å². The van der Waals surface area contributed by atoms with Crippen molar-refractivity contribution in [2.45, 2.75) is 12.8 Å². The third kappa shape index (κ3) is 1.61. The molecule has 0 saturated carbocycles. The first-order chi connectivity index (χ1) is 11.6. The summed E-state index contributed by atoms with van der Waals surface area (Å²) in [6.45, 7) is -1.49. The topological polar surface area (TPSA) is 34.9 Å². The van der Waals surface area contributed by atoms with Gasteiger partial charge in [0, 0.05) is 15.6 Å². The van der Waals surface area contributed by atoms with Gasteiger partial charge in [-0.3, -0.25) is 4.79 Å². The molecule has 1 aliphatic heterocycles. The standard InChI is InChI=1S/C18H14N2O/c1-12-14-9-5-6-10-16(14)20-18(12)15(11-21)17(19-20)13-7-3-2-4-8-13/h2-12H,1H3/i1D2,12D. The predicted molar refractivity (Wildman–Crippen MR) is 81.9 cm³/mol. The molecule has 1 aliphatic rings. The lowest BCUT2D eigenvalue weighted by Gasteiger charge is -2.05. The zero-order valence-electron chi connectivity index (χ0n) is 14.2. The molecule has 0 spiro atoms. The lowest BCUT2D eigenvalue weighted by Crippen LogP contribution is -1.96. The molecule has 21 heavy (non-hydrogen) atoms. The molecule has 1 atom stereocenters. The second-order valence-corrected chi connectivity index (χ2v) is 4.94. The normalized spacial score (nSPS) is 21.3. The predicted octanol–water partition coefficient (Wildman–Crippen LogP) is 3.82. The van der Waals surface area contributed by atoms with Crippen LogP contribution < -0.4 is 0 Å². The van der Waals surface area contributed by atoms with E-state index in [1.807, 2.05) is 36.4 Å². The summed E-state index contributed by atoms with van der Waals surface area (Å²) in [5.74, 6) is -1.65. The van der Waals surface area contributed by atoms with Gasteiger partial charge in [0.05, 0.1) is 16.9 Å². The number of carbonyl (C=O) groups excluding carboxylic acids is 1. The van der Waals surface area contributed by atoms with Gasteiger partial charge in [0.2, 0.25) is 0 Å². The molecule has 4 rings (SSSR count). The lowest BCUT2D eigenvalue weighted by atomic mass is 9.95. The average Bonchev–Trinajstić information content (AvgIpc) is 3.11. The third-order valence-electron chi connectivity index (χ3n) is 3.76. The highest BCUT2D eigenvalue weighted by atomic mass is 16.1. The van der Waals surface area contributed by atoms with Gasteiger partial charge in [-0.2, -0.15) is 5.10 Å². The molecule has 0 N–H and O–H groups in total. The number of para-hydroxylation sites is 1. The quantitative estimate of drug-likeness (QED) is 0.667. The Balaban J connectivity index is 2.08. The summed E-state index contributed by atoms with van der Waals surface area (Å²) in [4.78, 5) is 11.8. The summed E-state index contributed by atoms with van der Waals surface area (Å²) in [5.41, 5.74) is 3.01. The van der Waals surface area contributed by atoms with Crippen LogP contribution in [0.2, 0.25) is 0 Å². The van der Waals surface area contributed by atoms with Gasteiger partial charge in [-0.25, -0.2) is 4.68 Å². The zero-order valence-corrected chi connectivity index (χ0v) is 11.2. The fourth-order valence-electron chi connectivity index (χ4n) is 2.80. The maximum absolute atomic E-state index is 11.8. The first kappa shape index (κ1) is 9.29. The van der Waals surface area contributed by atoms with Crippen LogP contribution in [-0.2, 0) is 0 Å². The fourth-order valence-corrected chi connectivity index (χ4v) is 2.80. The van der Waals surface area contributed by atoms with Crippen LogP contribution in [0.25, 0.3) is 16.9 Å². The van der Waals surface area contributed by atoms with E-state index in [-0.39, 0.29) is 5.56 Å². The second kappa shape index (κ2) is 4.42. The van der Waals surface area contributed by atoms with E-state index >= 15 is 0 Å². The van der Waals surface area contributed by atoms with Crippen molar-refractivity contribution in [3.63, 3.8) is 0 Å². The van der Waals surface area contributed by atoms with E-state index in [1.165, 1.54) is 0 Å². The summed E-state index contributed by atoms with van der Waals surface area (Å²) in [6.07, 6.45) is 0.679. The van der Waals surface area contributed by atoms with E-state index in [1.54, 1.807) is 22.9 Å². The first-order valence-electron chi connectivity index (χ1n) is 8.33. The van der Waals surface area contributed by atoms with E-state index in [0.717, 1.165) is 5.56 Å². The Morgan fingerprint density at radius 1 is 1.19 bits per heavy atom. The van der Waals surface area contributed by atoms with Crippen LogP contribution in [0.4, 0.5) is 0 Å². The highest BCUT2D eigenvalue weighted by Gasteiger charge is 2.31. The van der Waals surface area contributed by atoms with E-state index in [9.17, 15) is 4.79 Å². The number of aldehydes is 1. The van der Waals surface area contributed by atoms with Crippen LogP contribution >= 0.6 is 0 Å². The number of benzene rings is 2. The Hall–Kier alpha value is -2.68. The Bertz CT molecular complexity index is 937. The maximum atomic E-state index is 11.8. The van der Waals surface area contributed by atoms with E-state index < -0.39 is 12.8 Å². The minimum atomic E-state index is -1.65.